The third kappa shape index (κ3) is 4.01. The van der Waals surface area contributed by atoms with Gasteiger partial charge in [0.15, 0.2) is 5.78 Å². The molecule has 0 atom stereocenters. The quantitative estimate of drug-likeness (QED) is 0.548. The minimum atomic E-state index is 0.124. The first-order valence-electron chi connectivity index (χ1n) is 7.88. The monoisotopic (exact) mass is 383 g/mol. The van der Waals surface area contributed by atoms with Crippen LogP contribution in [0.3, 0.4) is 0 Å². The molecule has 24 heavy (non-hydrogen) atoms. The number of methoxy groups -OCH3 is 1. The average Bonchev–Trinajstić information content (AvgIpc) is 2.59. The van der Waals surface area contributed by atoms with Crippen molar-refractivity contribution >= 4 is 33.9 Å². The number of halogens is 1. The van der Waals surface area contributed by atoms with Gasteiger partial charge in [-0.1, -0.05) is 18.2 Å². The number of ether oxygens (including phenoxy) is 1. The summed E-state index contributed by atoms with van der Waals surface area (Å²) in [6, 6.07) is 13.4. The van der Waals surface area contributed by atoms with Gasteiger partial charge < -0.3 is 4.74 Å². The number of carbonyl (C=O) groups excluding carboxylic acids is 1. The van der Waals surface area contributed by atoms with Crippen LogP contribution in [0.2, 0.25) is 0 Å². The lowest BCUT2D eigenvalue weighted by molar-refractivity contribution is -0.112. The van der Waals surface area contributed by atoms with E-state index in [4.69, 9.17) is 4.74 Å². The van der Waals surface area contributed by atoms with Gasteiger partial charge in [-0.25, -0.2) is 4.98 Å². The predicted molar refractivity (Wildman–Crippen MR) is 99.7 cm³/mol. The Morgan fingerprint density at radius 1 is 1.04 bits per heavy atom. The van der Waals surface area contributed by atoms with E-state index in [1.165, 1.54) is 0 Å². The second kappa shape index (κ2) is 7.58. The van der Waals surface area contributed by atoms with Crippen molar-refractivity contribution in [3.63, 3.8) is 0 Å². The van der Waals surface area contributed by atoms with Crippen molar-refractivity contribution in [1.29, 1.82) is 0 Å². The number of benzene rings is 1. The molecule has 3 rings (SSSR count). The maximum atomic E-state index is 12.7. The highest BCUT2D eigenvalue weighted by Gasteiger charge is 2.20. The van der Waals surface area contributed by atoms with E-state index in [0.29, 0.717) is 0 Å². The number of ketones is 1. The second-order valence-corrected chi connectivity index (χ2v) is 6.49. The zero-order valence-corrected chi connectivity index (χ0v) is 15.0. The van der Waals surface area contributed by atoms with E-state index in [-0.39, 0.29) is 5.78 Å². The summed E-state index contributed by atoms with van der Waals surface area (Å²) in [7, 11) is 1.64. The Kier molecular flexibility index (Phi) is 5.26. The summed E-state index contributed by atoms with van der Waals surface area (Å²) in [5.74, 6) is 0.937. The minimum Gasteiger partial charge on any atom is -0.497 e. The van der Waals surface area contributed by atoms with Crippen LogP contribution in [-0.2, 0) is 4.79 Å². The summed E-state index contributed by atoms with van der Waals surface area (Å²) in [5, 5.41) is 0. The van der Waals surface area contributed by atoms with E-state index in [1.807, 2.05) is 54.6 Å². The van der Waals surface area contributed by atoms with Gasteiger partial charge in [0, 0.05) is 11.1 Å². The molecule has 0 amide bonds. The number of aromatic nitrogens is 1. The van der Waals surface area contributed by atoms with Crippen LogP contribution in [0.25, 0.3) is 12.2 Å². The fourth-order valence-corrected chi connectivity index (χ4v) is 3.12. The first kappa shape index (κ1) is 16.7. The molecule has 0 unspecified atom stereocenters. The molecule has 1 aromatic heterocycles. The molecule has 4 heteroatoms. The smallest absolute Gasteiger partial charge is 0.185 e. The second-order valence-electron chi connectivity index (χ2n) is 5.68. The highest BCUT2D eigenvalue weighted by molar-refractivity contribution is 9.10. The van der Waals surface area contributed by atoms with Gasteiger partial charge in [0.05, 0.1) is 12.8 Å². The summed E-state index contributed by atoms with van der Waals surface area (Å²) in [6.45, 7) is 0. The Morgan fingerprint density at radius 3 is 2.42 bits per heavy atom. The van der Waals surface area contributed by atoms with Crippen LogP contribution < -0.4 is 4.74 Å². The molecule has 0 spiro atoms. The van der Waals surface area contributed by atoms with E-state index in [9.17, 15) is 4.79 Å². The zero-order valence-electron chi connectivity index (χ0n) is 13.5. The van der Waals surface area contributed by atoms with Crippen LogP contribution in [0.15, 0.2) is 58.2 Å². The number of hydrogen-bond acceptors (Lipinski definition) is 3. The molecule has 2 aromatic rings. The molecule has 3 nitrogen and oxygen atoms in total. The van der Waals surface area contributed by atoms with Crippen molar-refractivity contribution in [1.82, 2.24) is 4.98 Å². The number of hydrogen-bond donors (Lipinski definition) is 0. The fourth-order valence-electron chi connectivity index (χ4n) is 2.76. The van der Waals surface area contributed by atoms with E-state index >= 15 is 0 Å². The molecule has 1 saturated carbocycles. The Morgan fingerprint density at radius 2 is 1.75 bits per heavy atom. The van der Waals surface area contributed by atoms with Crippen molar-refractivity contribution < 1.29 is 9.53 Å². The van der Waals surface area contributed by atoms with Gasteiger partial charge in [-0.3, -0.25) is 4.79 Å². The fraction of sp³-hybridized carbons (Fsp3) is 0.200. The summed E-state index contributed by atoms with van der Waals surface area (Å²) in [6.07, 6.45) is 6.46. The number of pyridine rings is 1. The Labute approximate surface area is 150 Å². The van der Waals surface area contributed by atoms with Crippen LogP contribution in [0.1, 0.15) is 30.5 Å². The molecule has 1 fully saturated rings. The summed E-state index contributed by atoms with van der Waals surface area (Å²) >= 11 is 3.36. The molecule has 0 radical (unpaired) electrons. The van der Waals surface area contributed by atoms with Gasteiger partial charge in [-0.05, 0) is 77.2 Å². The maximum absolute atomic E-state index is 12.7. The van der Waals surface area contributed by atoms with Gasteiger partial charge in [-0.2, -0.15) is 0 Å². The molecule has 0 bridgehead atoms. The molecule has 0 saturated heterocycles. The molecule has 1 aliphatic carbocycles. The number of Topliss-reactive ketones (excluding diaryl/α,β-unsaturated/α-hetero) is 1. The standard InChI is InChI=1S/C20H18BrNO2/c1-24-18-10-8-14(9-11-18)12-15-4-2-5-16(20(15)23)13-17-6-3-7-19(21)22-17/h3,6-13H,2,4-5H2,1H3/b15-12+,16-13+. The average molecular weight is 384 g/mol. The maximum Gasteiger partial charge on any atom is 0.185 e. The molecule has 0 N–H and O–H groups in total. The van der Waals surface area contributed by atoms with Crippen LogP contribution in [0.4, 0.5) is 0 Å². The van der Waals surface area contributed by atoms with E-state index in [0.717, 1.165) is 52.0 Å². The summed E-state index contributed by atoms with van der Waals surface area (Å²) in [5.41, 5.74) is 3.50. The molecule has 1 aromatic carbocycles. The molecule has 1 heterocycles. The number of carbonyl (C=O) groups is 1. The lowest BCUT2D eigenvalue weighted by Crippen LogP contribution is -2.12. The topological polar surface area (TPSA) is 39.2 Å². The van der Waals surface area contributed by atoms with Crippen molar-refractivity contribution in [3.8, 4) is 5.75 Å². The van der Waals surface area contributed by atoms with Crippen LogP contribution >= 0.6 is 15.9 Å². The van der Waals surface area contributed by atoms with Gasteiger partial charge in [0.1, 0.15) is 10.4 Å². The Balaban J connectivity index is 1.85. The van der Waals surface area contributed by atoms with Crippen LogP contribution in [0.5, 0.6) is 5.75 Å². The highest BCUT2D eigenvalue weighted by Crippen LogP contribution is 2.28. The number of nitrogens with zero attached hydrogens (tertiary/aromatic N) is 1. The van der Waals surface area contributed by atoms with Crippen LogP contribution in [0, 0.1) is 0 Å². The minimum absolute atomic E-state index is 0.124. The third-order valence-corrected chi connectivity index (χ3v) is 4.43. The molecule has 1 aliphatic rings. The van der Waals surface area contributed by atoms with Crippen LogP contribution in [-0.4, -0.2) is 17.9 Å². The van der Waals surface area contributed by atoms with Gasteiger partial charge in [-0.15, -0.1) is 0 Å². The molecular weight excluding hydrogens is 366 g/mol. The lowest BCUT2D eigenvalue weighted by Gasteiger charge is -2.16. The first-order valence-corrected chi connectivity index (χ1v) is 8.67. The largest absolute Gasteiger partial charge is 0.497 e. The van der Waals surface area contributed by atoms with E-state index in [2.05, 4.69) is 20.9 Å². The van der Waals surface area contributed by atoms with Crippen molar-refractivity contribution in [2.24, 2.45) is 0 Å². The Hall–Kier alpha value is -2.20. The van der Waals surface area contributed by atoms with Gasteiger partial charge >= 0.3 is 0 Å². The van der Waals surface area contributed by atoms with Gasteiger partial charge in [0.2, 0.25) is 0 Å². The predicted octanol–water partition coefficient (Wildman–Crippen LogP) is 5.07. The van der Waals surface area contributed by atoms with E-state index in [1.54, 1.807) is 7.11 Å². The zero-order chi connectivity index (χ0) is 16.9. The summed E-state index contributed by atoms with van der Waals surface area (Å²) < 4.78 is 5.94. The Bertz CT molecular complexity index is 807. The highest BCUT2D eigenvalue weighted by atomic mass is 79.9. The summed E-state index contributed by atoms with van der Waals surface area (Å²) in [4.78, 5) is 17.1. The van der Waals surface area contributed by atoms with E-state index < -0.39 is 0 Å². The molecular formula is C20H18BrNO2. The SMILES string of the molecule is COc1ccc(/C=C2\CCC/C(=C\c3cccc(Br)n3)C2=O)cc1. The normalized spacial score (nSPS) is 18.2. The number of allylic oxidation sites excluding steroid dienone is 2. The lowest BCUT2D eigenvalue weighted by atomic mass is 9.87. The first-order chi connectivity index (χ1) is 11.7. The molecule has 122 valence electrons. The van der Waals surface area contributed by atoms with Gasteiger partial charge in [0.25, 0.3) is 0 Å². The third-order valence-electron chi connectivity index (χ3n) is 3.99. The van der Waals surface area contributed by atoms with Crippen molar-refractivity contribution in [2.45, 2.75) is 19.3 Å². The molecule has 0 aliphatic heterocycles. The number of rotatable bonds is 3. The van der Waals surface area contributed by atoms with Crippen molar-refractivity contribution in [2.75, 3.05) is 7.11 Å². The van der Waals surface area contributed by atoms with Crippen molar-refractivity contribution in [3.05, 3.63) is 69.5 Å².